The lowest BCUT2D eigenvalue weighted by Gasteiger charge is -2.09. The van der Waals surface area contributed by atoms with Crippen LogP contribution in [0.3, 0.4) is 0 Å². The molecule has 0 saturated carbocycles. The van der Waals surface area contributed by atoms with Crippen molar-refractivity contribution in [2.45, 2.75) is 6.18 Å². The second kappa shape index (κ2) is 5.90. The van der Waals surface area contributed by atoms with E-state index in [-0.39, 0.29) is 12.3 Å². The number of carbonyl (C=O) groups excluding carboxylic acids is 1. The van der Waals surface area contributed by atoms with Crippen molar-refractivity contribution >= 4 is 27.7 Å². The highest BCUT2D eigenvalue weighted by Crippen LogP contribution is 2.30. The first-order chi connectivity index (χ1) is 7.93. The zero-order valence-corrected chi connectivity index (χ0v) is 10.1. The minimum atomic E-state index is -4.43. The molecule has 3 nitrogen and oxygen atoms in total. The van der Waals surface area contributed by atoms with Gasteiger partial charge < -0.3 is 4.74 Å². The monoisotopic (exact) mass is 311 g/mol. The van der Waals surface area contributed by atoms with Crippen molar-refractivity contribution in [1.82, 2.24) is 0 Å². The first-order valence-corrected chi connectivity index (χ1v) is 5.72. The van der Waals surface area contributed by atoms with Crippen LogP contribution in [-0.4, -0.2) is 18.0 Å². The van der Waals surface area contributed by atoms with E-state index in [2.05, 4.69) is 26.0 Å². The zero-order chi connectivity index (χ0) is 12.9. The van der Waals surface area contributed by atoms with E-state index in [0.29, 0.717) is 5.33 Å². The van der Waals surface area contributed by atoms with Gasteiger partial charge in [-0.05, 0) is 18.2 Å². The molecule has 0 spiro atoms. The number of hydrogen-bond donors (Lipinski definition) is 1. The molecule has 17 heavy (non-hydrogen) atoms. The number of anilines is 1. The molecule has 0 aliphatic carbocycles. The van der Waals surface area contributed by atoms with Gasteiger partial charge in [0.25, 0.3) is 0 Å². The van der Waals surface area contributed by atoms with Crippen LogP contribution in [0.1, 0.15) is 5.56 Å². The van der Waals surface area contributed by atoms with E-state index in [1.54, 1.807) is 0 Å². The topological polar surface area (TPSA) is 38.3 Å². The van der Waals surface area contributed by atoms with Crippen molar-refractivity contribution in [2.75, 3.05) is 17.3 Å². The van der Waals surface area contributed by atoms with Crippen LogP contribution in [0.15, 0.2) is 24.3 Å². The molecule has 0 aliphatic rings. The molecule has 1 amide bonds. The summed E-state index contributed by atoms with van der Waals surface area (Å²) in [6, 6.07) is 4.33. The molecule has 0 radical (unpaired) electrons. The Labute approximate surface area is 104 Å². The number of benzene rings is 1. The fourth-order valence-corrected chi connectivity index (χ4v) is 1.22. The lowest BCUT2D eigenvalue weighted by molar-refractivity contribution is -0.137. The van der Waals surface area contributed by atoms with Gasteiger partial charge in [0, 0.05) is 11.0 Å². The van der Waals surface area contributed by atoms with Crippen molar-refractivity contribution in [3.05, 3.63) is 29.8 Å². The minimum absolute atomic E-state index is 0.0411. The van der Waals surface area contributed by atoms with Crippen molar-refractivity contribution < 1.29 is 22.7 Å². The van der Waals surface area contributed by atoms with Crippen molar-refractivity contribution in [3.8, 4) is 0 Å². The molecule has 7 heteroatoms. The molecular formula is C10H9BrF3NO2. The van der Waals surface area contributed by atoms with Crippen molar-refractivity contribution in [3.63, 3.8) is 0 Å². The molecule has 94 valence electrons. The number of halogens is 4. The van der Waals surface area contributed by atoms with Crippen LogP contribution in [-0.2, 0) is 10.9 Å². The molecule has 0 saturated heterocycles. The van der Waals surface area contributed by atoms with Crippen LogP contribution >= 0.6 is 15.9 Å². The summed E-state index contributed by atoms with van der Waals surface area (Å²) in [4.78, 5) is 11.1. The second-order valence-electron chi connectivity index (χ2n) is 3.03. The number of rotatable bonds is 3. The Bertz CT molecular complexity index is 395. The maximum Gasteiger partial charge on any atom is 0.416 e. The average molecular weight is 312 g/mol. The molecule has 0 heterocycles. The van der Waals surface area contributed by atoms with Gasteiger partial charge >= 0.3 is 12.3 Å². The molecule has 0 atom stereocenters. The highest BCUT2D eigenvalue weighted by atomic mass is 79.9. The zero-order valence-electron chi connectivity index (χ0n) is 8.55. The first kappa shape index (κ1) is 13.8. The minimum Gasteiger partial charge on any atom is -0.448 e. The Morgan fingerprint density at radius 3 is 2.71 bits per heavy atom. The number of ether oxygens (including phenoxy) is 1. The van der Waals surface area contributed by atoms with Gasteiger partial charge in [-0.2, -0.15) is 13.2 Å². The van der Waals surface area contributed by atoms with Gasteiger partial charge in [0.1, 0.15) is 6.61 Å². The van der Waals surface area contributed by atoms with E-state index in [1.165, 1.54) is 12.1 Å². The Morgan fingerprint density at radius 2 is 2.12 bits per heavy atom. The summed E-state index contributed by atoms with van der Waals surface area (Å²) in [6.07, 6.45) is -5.22. The number of amides is 1. The maximum absolute atomic E-state index is 12.4. The van der Waals surface area contributed by atoms with Crippen LogP contribution < -0.4 is 5.32 Å². The van der Waals surface area contributed by atoms with Crippen LogP contribution in [0.2, 0.25) is 0 Å². The summed E-state index contributed by atoms with van der Waals surface area (Å²) in [5, 5.41) is 2.67. The fraction of sp³-hybridized carbons (Fsp3) is 0.300. The maximum atomic E-state index is 12.4. The molecule has 1 aromatic rings. The molecule has 1 rings (SSSR count). The third kappa shape index (κ3) is 4.64. The van der Waals surface area contributed by atoms with Crippen LogP contribution in [0.25, 0.3) is 0 Å². The predicted molar refractivity (Wildman–Crippen MR) is 60.2 cm³/mol. The molecule has 1 aromatic carbocycles. The van der Waals surface area contributed by atoms with Gasteiger partial charge in [-0.1, -0.05) is 22.0 Å². The summed E-state index contributed by atoms with van der Waals surface area (Å²) in [7, 11) is 0. The molecule has 0 aromatic heterocycles. The van der Waals surface area contributed by atoms with Crippen molar-refractivity contribution in [2.24, 2.45) is 0 Å². The number of alkyl halides is 4. The Hall–Kier alpha value is -1.24. The van der Waals surface area contributed by atoms with E-state index in [9.17, 15) is 18.0 Å². The molecule has 0 bridgehead atoms. The normalized spacial score (nSPS) is 11.1. The van der Waals surface area contributed by atoms with E-state index in [0.717, 1.165) is 12.1 Å². The summed E-state index contributed by atoms with van der Waals surface area (Å²) in [5.41, 5.74) is -0.782. The average Bonchev–Trinajstić information content (AvgIpc) is 2.25. The summed E-state index contributed by atoms with van der Waals surface area (Å²) < 4.78 is 41.7. The van der Waals surface area contributed by atoms with E-state index < -0.39 is 17.8 Å². The Balaban J connectivity index is 2.69. The SMILES string of the molecule is O=C(Nc1cccc(C(F)(F)F)c1)OCCBr. The van der Waals surface area contributed by atoms with Crippen LogP contribution in [0.4, 0.5) is 23.7 Å². The molecule has 0 aliphatic heterocycles. The molecular weight excluding hydrogens is 303 g/mol. The first-order valence-electron chi connectivity index (χ1n) is 4.60. The summed E-state index contributed by atoms with van der Waals surface area (Å²) >= 11 is 3.05. The number of carbonyl (C=O) groups is 1. The molecule has 0 unspecified atom stereocenters. The fourth-order valence-electron chi connectivity index (χ4n) is 1.06. The molecule has 0 fully saturated rings. The standard InChI is InChI=1S/C10H9BrF3NO2/c11-4-5-17-9(16)15-8-3-1-2-7(6-8)10(12,13)14/h1-3,6H,4-5H2,(H,15,16). The van der Waals surface area contributed by atoms with Crippen LogP contribution in [0, 0.1) is 0 Å². The number of hydrogen-bond acceptors (Lipinski definition) is 2. The van der Waals surface area contributed by atoms with Crippen molar-refractivity contribution in [1.29, 1.82) is 0 Å². The highest BCUT2D eigenvalue weighted by molar-refractivity contribution is 9.09. The Morgan fingerprint density at radius 1 is 1.41 bits per heavy atom. The summed E-state index contributed by atoms with van der Waals surface area (Å²) in [5.74, 6) is 0. The third-order valence-electron chi connectivity index (χ3n) is 1.75. The van der Waals surface area contributed by atoms with E-state index in [1.807, 2.05) is 0 Å². The van der Waals surface area contributed by atoms with Gasteiger partial charge in [0.05, 0.1) is 5.56 Å². The van der Waals surface area contributed by atoms with Gasteiger partial charge in [-0.15, -0.1) is 0 Å². The molecule has 1 N–H and O–H groups in total. The lowest BCUT2D eigenvalue weighted by Crippen LogP contribution is -2.15. The lowest BCUT2D eigenvalue weighted by atomic mass is 10.2. The van der Waals surface area contributed by atoms with Gasteiger partial charge in [0.2, 0.25) is 0 Å². The van der Waals surface area contributed by atoms with E-state index >= 15 is 0 Å². The van der Waals surface area contributed by atoms with Gasteiger partial charge in [-0.25, -0.2) is 4.79 Å². The van der Waals surface area contributed by atoms with Gasteiger partial charge in [-0.3, -0.25) is 5.32 Å². The van der Waals surface area contributed by atoms with Crippen LogP contribution in [0.5, 0.6) is 0 Å². The second-order valence-corrected chi connectivity index (χ2v) is 3.82. The largest absolute Gasteiger partial charge is 0.448 e. The smallest absolute Gasteiger partial charge is 0.416 e. The van der Waals surface area contributed by atoms with Gasteiger partial charge in [0.15, 0.2) is 0 Å². The predicted octanol–water partition coefficient (Wildman–Crippen LogP) is 3.65. The summed E-state index contributed by atoms with van der Waals surface area (Å²) in [6.45, 7) is 0.144. The number of nitrogens with one attached hydrogen (secondary N) is 1. The quantitative estimate of drug-likeness (QED) is 0.865. The van der Waals surface area contributed by atoms with E-state index in [4.69, 9.17) is 0 Å². The third-order valence-corrected chi connectivity index (χ3v) is 2.07. The highest BCUT2D eigenvalue weighted by Gasteiger charge is 2.30. The Kier molecular flexibility index (Phi) is 4.80.